The number of imide groups is 1. The van der Waals surface area contributed by atoms with Crippen LogP contribution in [0, 0.1) is 5.92 Å². The maximum atomic E-state index is 13.0. The first-order valence-electron chi connectivity index (χ1n) is 9.11. The molecule has 9 nitrogen and oxygen atoms in total. The number of hydrogen-bond acceptors (Lipinski definition) is 8. The van der Waals surface area contributed by atoms with Crippen LogP contribution in [0.3, 0.4) is 0 Å². The predicted octanol–water partition coefficient (Wildman–Crippen LogP) is 1.10. The SMILES string of the molecule is CO[C@H](C(=O)N1C(=O)OC[C@@H]1C(C)C)[C@@H]1O[C@](O)(CCCCO)C(Br)=CC1=O. The van der Waals surface area contributed by atoms with Crippen molar-refractivity contribution in [2.24, 2.45) is 5.92 Å². The van der Waals surface area contributed by atoms with Gasteiger partial charge in [-0.15, -0.1) is 0 Å². The summed E-state index contributed by atoms with van der Waals surface area (Å²) in [5.74, 6) is -3.23. The lowest BCUT2D eigenvalue weighted by Gasteiger charge is -2.38. The summed E-state index contributed by atoms with van der Waals surface area (Å²) < 4.78 is 15.9. The Morgan fingerprint density at radius 1 is 1.43 bits per heavy atom. The summed E-state index contributed by atoms with van der Waals surface area (Å²) >= 11 is 3.14. The third kappa shape index (κ3) is 4.62. The molecule has 2 aliphatic rings. The summed E-state index contributed by atoms with van der Waals surface area (Å²) in [6.07, 6.45) is -1.55. The molecule has 28 heavy (non-hydrogen) atoms. The van der Waals surface area contributed by atoms with Gasteiger partial charge in [0.2, 0.25) is 0 Å². The Hall–Kier alpha value is -1.33. The van der Waals surface area contributed by atoms with Gasteiger partial charge >= 0.3 is 6.09 Å². The number of unbranched alkanes of at least 4 members (excludes halogenated alkanes) is 1. The molecule has 4 atom stereocenters. The summed E-state index contributed by atoms with van der Waals surface area (Å²) in [7, 11) is 1.23. The Balaban J connectivity index is 2.26. The van der Waals surface area contributed by atoms with Gasteiger partial charge in [0, 0.05) is 20.1 Å². The van der Waals surface area contributed by atoms with Gasteiger partial charge < -0.3 is 24.4 Å². The van der Waals surface area contributed by atoms with Crippen LogP contribution in [0.25, 0.3) is 0 Å². The largest absolute Gasteiger partial charge is 0.447 e. The van der Waals surface area contributed by atoms with Crippen LogP contribution in [0.5, 0.6) is 0 Å². The van der Waals surface area contributed by atoms with E-state index in [4.69, 9.17) is 19.3 Å². The summed E-state index contributed by atoms with van der Waals surface area (Å²) in [6, 6.07) is -0.484. The topological polar surface area (TPSA) is 123 Å². The van der Waals surface area contributed by atoms with E-state index in [1.807, 2.05) is 13.8 Å². The molecule has 0 radical (unpaired) electrons. The van der Waals surface area contributed by atoms with E-state index < -0.39 is 41.8 Å². The van der Waals surface area contributed by atoms with Gasteiger partial charge in [0.1, 0.15) is 6.61 Å². The van der Waals surface area contributed by atoms with Gasteiger partial charge in [-0.25, -0.2) is 9.69 Å². The van der Waals surface area contributed by atoms with E-state index in [1.165, 1.54) is 7.11 Å². The van der Waals surface area contributed by atoms with E-state index >= 15 is 0 Å². The first kappa shape index (κ1) is 23.0. The van der Waals surface area contributed by atoms with Crippen LogP contribution >= 0.6 is 15.9 Å². The van der Waals surface area contributed by atoms with Gasteiger partial charge in [-0.1, -0.05) is 13.8 Å². The Labute approximate surface area is 171 Å². The van der Waals surface area contributed by atoms with Crippen molar-refractivity contribution >= 4 is 33.7 Å². The molecule has 0 spiro atoms. The second kappa shape index (κ2) is 9.45. The number of ketones is 1. The molecule has 0 aromatic heterocycles. The average molecular weight is 464 g/mol. The quantitative estimate of drug-likeness (QED) is 0.513. The van der Waals surface area contributed by atoms with Crippen molar-refractivity contribution in [2.75, 3.05) is 20.3 Å². The number of amides is 2. The molecule has 158 valence electrons. The molecule has 0 aliphatic carbocycles. The number of aliphatic hydroxyl groups is 2. The van der Waals surface area contributed by atoms with Crippen LogP contribution in [0.1, 0.15) is 33.1 Å². The van der Waals surface area contributed by atoms with Crippen LogP contribution in [-0.4, -0.2) is 77.3 Å². The third-order valence-corrected chi connectivity index (χ3v) is 5.70. The van der Waals surface area contributed by atoms with Crippen molar-refractivity contribution in [1.82, 2.24) is 4.90 Å². The molecule has 1 fully saturated rings. The van der Waals surface area contributed by atoms with Crippen molar-refractivity contribution in [1.29, 1.82) is 0 Å². The fraction of sp³-hybridized carbons (Fsp3) is 0.722. The normalized spacial score (nSPS) is 29.1. The van der Waals surface area contributed by atoms with Crippen LogP contribution in [0.15, 0.2) is 10.6 Å². The fourth-order valence-electron chi connectivity index (χ4n) is 3.18. The molecule has 0 bridgehead atoms. The summed E-state index contributed by atoms with van der Waals surface area (Å²) in [6.45, 7) is 3.70. The van der Waals surface area contributed by atoms with E-state index in [0.29, 0.717) is 12.8 Å². The number of carbonyl (C=O) groups is 3. The lowest BCUT2D eigenvalue weighted by molar-refractivity contribution is -0.227. The first-order chi connectivity index (χ1) is 13.2. The average Bonchev–Trinajstić information content (AvgIpc) is 3.02. The number of hydrogen-bond donors (Lipinski definition) is 2. The number of halogens is 1. The maximum Gasteiger partial charge on any atom is 0.417 e. The molecule has 0 unspecified atom stereocenters. The number of rotatable bonds is 8. The second-order valence-electron chi connectivity index (χ2n) is 7.15. The van der Waals surface area contributed by atoms with E-state index in [-0.39, 0.29) is 30.0 Å². The molecule has 2 rings (SSSR count). The van der Waals surface area contributed by atoms with Crippen LogP contribution < -0.4 is 0 Å². The molecular formula is C18H26BrNO8. The standard InChI is InChI=1S/C18H26BrNO8/c1-10(2)11-9-27-17(24)20(11)16(23)15(26-3)14-12(22)8-13(19)18(25,28-14)6-4-5-7-21/h8,10-11,14-15,21,25H,4-7,9H2,1-3H3/t11-,14-,15+,18-/m1/s1. The van der Waals surface area contributed by atoms with Crippen molar-refractivity contribution < 1.29 is 38.8 Å². The van der Waals surface area contributed by atoms with Crippen molar-refractivity contribution in [3.05, 3.63) is 10.6 Å². The molecule has 2 N–H and O–H groups in total. The Kier molecular flexibility index (Phi) is 7.74. The van der Waals surface area contributed by atoms with E-state index in [1.54, 1.807) is 0 Å². The highest BCUT2D eigenvalue weighted by molar-refractivity contribution is 9.11. The number of methoxy groups -OCH3 is 1. The highest BCUT2D eigenvalue weighted by Gasteiger charge is 2.50. The predicted molar refractivity (Wildman–Crippen MR) is 100 cm³/mol. The smallest absolute Gasteiger partial charge is 0.417 e. The maximum absolute atomic E-state index is 13.0. The van der Waals surface area contributed by atoms with Crippen molar-refractivity contribution in [3.63, 3.8) is 0 Å². The molecule has 2 heterocycles. The van der Waals surface area contributed by atoms with Gasteiger partial charge in [-0.05, 0) is 40.8 Å². The van der Waals surface area contributed by atoms with Crippen LogP contribution in [0.4, 0.5) is 4.79 Å². The van der Waals surface area contributed by atoms with Crippen molar-refractivity contribution in [2.45, 2.75) is 57.1 Å². The Morgan fingerprint density at radius 3 is 2.68 bits per heavy atom. The van der Waals surface area contributed by atoms with Gasteiger partial charge in [0.05, 0.1) is 10.5 Å². The van der Waals surface area contributed by atoms with Gasteiger partial charge in [-0.2, -0.15) is 0 Å². The highest BCUT2D eigenvalue weighted by atomic mass is 79.9. The van der Waals surface area contributed by atoms with Gasteiger partial charge in [-0.3, -0.25) is 9.59 Å². The zero-order chi connectivity index (χ0) is 21.1. The lowest BCUT2D eigenvalue weighted by atomic mass is 9.98. The number of carbonyl (C=O) groups excluding carboxylic acids is 3. The Bertz CT molecular complexity index is 651. The number of aliphatic hydroxyl groups excluding tert-OH is 1. The monoisotopic (exact) mass is 463 g/mol. The number of ether oxygens (including phenoxy) is 3. The van der Waals surface area contributed by atoms with Crippen LogP contribution in [-0.2, 0) is 23.8 Å². The van der Waals surface area contributed by atoms with E-state index in [9.17, 15) is 19.5 Å². The molecule has 1 saturated heterocycles. The first-order valence-corrected chi connectivity index (χ1v) is 9.90. The van der Waals surface area contributed by atoms with E-state index in [0.717, 1.165) is 11.0 Å². The molecular weight excluding hydrogens is 438 g/mol. The number of nitrogens with zero attached hydrogens (tertiary/aromatic N) is 1. The summed E-state index contributed by atoms with van der Waals surface area (Å²) in [4.78, 5) is 38.5. The minimum absolute atomic E-state index is 0.0490. The molecule has 10 heteroatoms. The minimum atomic E-state index is -1.84. The molecule has 0 saturated carbocycles. The van der Waals surface area contributed by atoms with Crippen LogP contribution in [0.2, 0.25) is 0 Å². The van der Waals surface area contributed by atoms with Crippen molar-refractivity contribution in [3.8, 4) is 0 Å². The second-order valence-corrected chi connectivity index (χ2v) is 8.01. The summed E-state index contributed by atoms with van der Waals surface area (Å²) in [5.41, 5.74) is 0. The highest BCUT2D eigenvalue weighted by Crippen LogP contribution is 2.36. The fourth-order valence-corrected chi connectivity index (χ4v) is 3.70. The van der Waals surface area contributed by atoms with E-state index in [2.05, 4.69) is 15.9 Å². The van der Waals surface area contributed by atoms with Gasteiger partial charge in [0.15, 0.2) is 23.8 Å². The minimum Gasteiger partial charge on any atom is -0.447 e. The van der Waals surface area contributed by atoms with Gasteiger partial charge in [0.25, 0.3) is 5.91 Å². The molecule has 0 aromatic rings. The third-order valence-electron chi connectivity index (χ3n) is 4.85. The Morgan fingerprint density at radius 2 is 2.11 bits per heavy atom. The number of cyclic esters (lactones) is 1. The lowest BCUT2D eigenvalue weighted by Crippen LogP contribution is -2.56. The molecule has 2 aliphatic heterocycles. The summed E-state index contributed by atoms with van der Waals surface area (Å²) in [5, 5.41) is 19.7. The zero-order valence-corrected chi connectivity index (χ0v) is 17.7. The zero-order valence-electron chi connectivity index (χ0n) is 16.1. The molecule has 2 amide bonds. The molecule has 0 aromatic carbocycles.